The van der Waals surface area contributed by atoms with Crippen molar-refractivity contribution in [2.75, 3.05) is 11.9 Å². The quantitative estimate of drug-likeness (QED) is 0.921. The molecule has 0 saturated heterocycles. The van der Waals surface area contributed by atoms with E-state index in [1.807, 2.05) is 0 Å². The average molecular weight is 292 g/mol. The molecule has 1 heterocycles. The maximum absolute atomic E-state index is 4.01. The number of nitrogens with zero attached hydrogens (tertiary/aromatic N) is 2. The normalized spacial score (nSPS) is 12.9. The molecule has 0 atom stereocenters. The molecule has 0 radical (unpaired) electrons. The van der Waals surface area contributed by atoms with Crippen molar-refractivity contribution >= 4 is 32.4 Å². The van der Waals surface area contributed by atoms with Crippen LogP contribution in [0.5, 0.6) is 0 Å². The molecule has 1 aromatic heterocycles. The summed E-state index contributed by atoms with van der Waals surface area (Å²) in [6, 6.07) is 0. The second-order valence-corrected chi connectivity index (χ2v) is 7.60. The van der Waals surface area contributed by atoms with Gasteiger partial charge in [0.2, 0.25) is 5.13 Å². The van der Waals surface area contributed by atoms with Gasteiger partial charge < -0.3 is 5.32 Å². The highest BCUT2D eigenvalue weighted by Gasteiger charge is 2.32. The number of anilines is 1. The van der Waals surface area contributed by atoms with Crippen LogP contribution < -0.4 is 5.32 Å². The second-order valence-electron chi connectivity index (χ2n) is 5.35. The smallest absolute Gasteiger partial charge is 0.206 e. The zero-order valence-electron chi connectivity index (χ0n) is 9.89. The maximum atomic E-state index is 4.01. The molecule has 0 aliphatic rings. The zero-order chi connectivity index (χ0) is 11.7. The van der Waals surface area contributed by atoms with Crippen molar-refractivity contribution < 1.29 is 0 Å². The highest BCUT2D eigenvalue weighted by Crippen LogP contribution is 2.38. The number of halogens is 1. The summed E-state index contributed by atoms with van der Waals surface area (Å²) in [5.41, 5.74) is 0.479. The molecular weight excluding hydrogens is 274 g/mol. The molecule has 0 unspecified atom stereocenters. The summed E-state index contributed by atoms with van der Waals surface area (Å²) in [5, 5.41) is 12.1. The van der Waals surface area contributed by atoms with E-state index in [1.54, 1.807) is 0 Å². The van der Waals surface area contributed by atoms with Gasteiger partial charge in [-0.15, -0.1) is 10.2 Å². The van der Waals surface area contributed by atoms with Gasteiger partial charge in [0.15, 0.2) is 3.92 Å². The van der Waals surface area contributed by atoms with Gasteiger partial charge in [0.1, 0.15) is 0 Å². The van der Waals surface area contributed by atoms with Crippen molar-refractivity contribution in [3.8, 4) is 0 Å². The number of hydrogen-bond acceptors (Lipinski definition) is 4. The molecule has 1 N–H and O–H groups in total. The van der Waals surface area contributed by atoms with Crippen molar-refractivity contribution in [1.29, 1.82) is 0 Å². The van der Waals surface area contributed by atoms with Crippen LogP contribution in [0.25, 0.3) is 0 Å². The molecule has 86 valence electrons. The third-order valence-electron chi connectivity index (χ3n) is 3.11. The van der Waals surface area contributed by atoms with Crippen molar-refractivity contribution in [2.45, 2.75) is 34.6 Å². The van der Waals surface area contributed by atoms with Gasteiger partial charge in [-0.3, -0.25) is 0 Å². The molecule has 0 fully saturated rings. The van der Waals surface area contributed by atoms with E-state index in [-0.39, 0.29) is 10.8 Å². The Kier molecular flexibility index (Phi) is 3.76. The van der Waals surface area contributed by atoms with Gasteiger partial charge in [-0.1, -0.05) is 46.0 Å². The Morgan fingerprint density at radius 1 is 1.20 bits per heavy atom. The molecule has 1 aromatic rings. The molecule has 15 heavy (non-hydrogen) atoms. The number of hydrogen-bond donors (Lipinski definition) is 1. The van der Waals surface area contributed by atoms with Gasteiger partial charge in [-0.2, -0.15) is 0 Å². The number of nitrogens with one attached hydrogen (secondary N) is 1. The molecule has 0 aliphatic carbocycles. The minimum absolute atomic E-state index is 0.213. The van der Waals surface area contributed by atoms with E-state index in [0.717, 1.165) is 15.6 Å². The predicted molar refractivity (Wildman–Crippen MR) is 69.3 cm³/mol. The highest BCUT2D eigenvalue weighted by molar-refractivity contribution is 9.11. The zero-order valence-corrected chi connectivity index (χ0v) is 12.3. The van der Waals surface area contributed by atoms with Gasteiger partial charge in [0.05, 0.1) is 0 Å². The summed E-state index contributed by atoms with van der Waals surface area (Å²) in [4.78, 5) is 0. The van der Waals surface area contributed by atoms with Gasteiger partial charge in [0.25, 0.3) is 0 Å². The minimum Gasteiger partial charge on any atom is -0.360 e. The summed E-state index contributed by atoms with van der Waals surface area (Å²) in [6.45, 7) is 12.2. The Morgan fingerprint density at radius 2 is 1.80 bits per heavy atom. The van der Waals surface area contributed by atoms with Crippen molar-refractivity contribution in [3.05, 3.63) is 3.92 Å². The second kappa shape index (κ2) is 4.37. The fraction of sp³-hybridized carbons (Fsp3) is 0.800. The molecule has 3 nitrogen and oxygen atoms in total. The summed E-state index contributed by atoms with van der Waals surface area (Å²) in [7, 11) is 0. The Hall–Kier alpha value is -0.160. The van der Waals surface area contributed by atoms with Crippen LogP contribution in [0.2, 0.25) is 0 Å². The maximum Gasteiger partial charge on any atom is 0.206 e. The molecular formula is C10H18BrN3S. The molecule has 5 heteroatoms. The van der Waals surface area contributed by atoms with Crippen molar-refractivity contribution in [1.82, 2.24) is 10.2 Å². The topological polar surface area (TPSA) is 37.8 Å². The highest BCUT2D eigenvalue weighted by atomic mass is 79.9. The molecule has 0 aliphatic heterocycles. The minimum atomic E-state index is 0.213. The first kappa shape index (κ1) is 12.9. The lowest BCUT2D eigenvalue weighted by atomic mass is 9.69. The molecule has 0 spiro atoms. The SMILES string of the molecule is CC(C)(C)C(C)(C)CNc1nnc(Br)s1. The third-order valence-corrected chi connectivity index (χ3v) is 4.43. The molecule has 1 rings (SSSR count). The Bertz CT molecular complexity index is 328. The Morgan fingerprint density at radius 3 is 2.20 bits per heavy atom. The van der Waals surface area contributed by atoms with Gasteiger partial charge in [-0.05, 0) is 26.8 Å². The fourth-order valence-electron chi connectivity index (χ4n) is 0.839. The van der Waals surface area contributed by atoms with Crippen LogP contribution in [0, 0.1) is 10.8 Å². The van der Waals surface area contributed by atoms with Gasteiger partial charge in [-0.25, -0.2) is 0 Å². The van der Waals surface area contributed by atoms with E-state index >= 15 is 0 Å². The first-order valence-electron chi connectivity index (χ1n) is 4.95. The van der Waals surface area contributed by atoms with Crippen LogP contribution in [0.15, 0.2) is 3.92 Å². The van der Waals surface area contributed by atoms with Crippen LogP contribution in [0.4, 0.5) is 5.13 Å². The van der Waals surface area contributed by atoms with E-state index in [9.17, 15) is 0 Å². The predicted octanol–water partition coefficient (Wildman–Crippen LogP) is 3.78. The average Bonchev–Trinajstić information content (AvgIpc) is 2.46. The van der Waals surface area contributed by atoms with E-state index in [2.05, 4.69) is 66.1 Å². The van der Waals surface area contributed by atoms with Gasteiger partial charge >= 0.3 is 0 Å². The lowest BCUT2D eigenvalue weighted by Gasteiger charge is -2.38. The van der Waals surface area contributed by atoms with Crippen molar-refractivity contribution in [3.63, 3.8) is 0 Å². The van der Waals surface area contributed by atoms with Crippen LogP contribution >= 0.6 is 27.3 Å². The molecule has 0 amide bonds. The van der Waals surface area contributed by atoms with E-state index < -0.39 is 0 Å². The summed E-state index contributed by atoms with van der Waals surface area (Å²) in [6.07, 6.45) is 0. The van der Waals surface area contributed by atoms with Crippen LogP contribution in [0.3, 0.4) is 0 Å². The largest absolute Gasteiger partial charge is 0.360 e. The molecule has 0 saturated carbocycles. The van der Waals surface area contributed by atoms with E-state index in [0.29, 0.717) is 0 Å². The van der Waals surface area contributed by atoms with Crippen LogP contribution in [-0.4, -0.2) is 16.7 Å². The van der Waals surface area contributed by atoms with E-state index in [1.165, 1.54) is 11.3 Å². The first-order valence-corrected chi connectivity index (χ1v) is 6.56. The third kappa shape index (κ3) is 3.41. The Balaban J connectivity index is 2.57. The van der Waals surface area contributed by atoms with E-state index in [4.69, 9.17) is 0 Å². The molecule has 0 bridgehead atoms. The Labute approximate surface area is 104 Å². The summed E-state index contributed by atoms with van der Waals surface area (Å²) >= 11 is 4.82. The van der Waals surface area contributed by atoms with Crippen molar-refractivity contribution in [2.24, 2.45) is 10.8 Å². The molecule has 0 aromatic carbocycles. The van der Waals surface area contributed by atoms with Crippen LogP contribution in [-0.2, 0) is 0 Å². The van der Waals surface area contributed by atoms with Gasteiger partial charge in [0, 0.05) is 6.54 Å². The van der Waals surface area contributed by atoms with Crippen LogP contribution in [0.1, 0.15) is 34.6 Å². The monoisotopic (exact) mass is 291 g/mol. The number of aromatic nitrogens is 2. The summed E-state index contributed by atoms with van der Waals surface area (Å²) in [5.74, 6) is 0. The lowest BCUT2D eigenvalue weighted by Crippen LogP contribution is -2.36. The number of rotatable bonds is 3. The summed E-state index contributed by atoms with van der Waals surface area (Å²) < 4.78 is 0.818. The standard InChI is InChI=1S/C10H18BrN3S/c1-9(2,3)10(4,5)6-12-8-14-13-7(11)15-8/h6H2,1-5H3,(H,12,14). The fourth-order valence-corrected chi connectivity index (χ4v) is 1.84. The first-order chi connectivity index (χ1) is 6.72. The lowest BCUT2D eigenvalue weighted by molar-refractivity contribution is 0.148.